The highest BCUT2D eigenvalue weighted by molar-refractivity contribution is 5.87. The number of benzene rings is 3. The number of hydrogen-bond acceptors (Lipinski definition) is 2. The van der Waals surface area contributed by atoms with Crippen molar-refractivity contribution >= 4 is 5.97 Å². The molecule has 1 N–H and O–H groups in total. The first-order chi connectivity index (χ1) is 14.9. The molecule has 0 aromatic heterocycles. The molecule has 3 heteroatoms. The van der Waals surface area contributed by atoms with E-state index >= 15 is 0 Å². The minimum absolute atomic E-state index is 0.0840. The van der Waals surface area contributed by atoms with Crippen LogP contribution in [0.5, 0.6) is 11.5 Å². The highest BCUT2D eigenvalue weighted by Gasteiger charge is 2.20. The average molecular weight is 427 g/mol. The molecule has 0 amide bonds. The summed E-state index contributed by atoms with van der Waals surface area (Å²) >= 11 is 0. The van der Waals surface area contributed by atoms with Crippen molar-refractivity contribution in [1.82, 2.24) is 0 Å². The van der Waals surface area contributed by atoms with E-state index in [9.17, 15) is 4.79 Å². The monoisotopic (exact) mass is 426 g/mol. The van der Waals surface area contributed by atoms with Gasteiger partial charge in [-0.2, -0.15) is 0 Å². The Balaban J connectivity index is 1.91. The van der Waals surface area contributed by atoms with Crippen LogP contribution >= 0.6 is 0 Å². The second-order valence-corrected chi connectivity index (χ2v) is 9.97. The molecule has 0 radical (unpaired) electrons. The number of rotatable bonds is 3. The van der Waals surface area contributed by atoms with Crippen LogP contribution in [-0.2, 0) is 10.8 Å². The Morgan fingerprint density at radius 2 is 1.31 bits per heavy atom. The summed E-state index contributed by atoms with van der Waals surface area (Å²) in [5.41, 5.74) is 4.21. The molecule has 3 nitrogen and oxygen atoms in total. The van der Waals surface area contributed by atoms with E-state index in [4.69, 9.17) is 9.84 Å². The van der Waals surface area contributed by atoms with Crippen molar-refractivity contribution in [2.24, 2.45) is 0 Å². The van der Waals surface area contributed by atoms with Gasteiger partial charge in [0.1, 0.15) is 11.5 Å². The first-order valence-electron chi connectivity index (χ1n) is 10.7. The lowest BCUT2D eigenvalue weighted by atomic mass is 9.85. The van der Waals surface area contributed by atoms with Crippen LogP contribution in [-0.4, -0.2) is 11.1 Å². The fourth-order valence-electron chi connectivity index (χ4n) is 3.29. The first-order valence-corrected chi connectivity index (χ1v) is 10.7. The molecule has 164 valence electrons. The molecule has 32 heavy (non-hydrogen) atoms. The van der Waals surface area contributed by atoms with Gasteiger partial charge in [0.05, 0.1) is 5.56 Å². The van der Waals surface area contributed by atoms with Gasteiger partial charge in [0, 0.05) is 16.7 Å². The number of carbonyl (C=O) groups is 1. The van der Waals surface area contributed by atoms with Crippen LogP contribution in [0.2, 0.25) is 0 Å². The van der Waals surface area contributed by atoms with Crippen molar-refractivity contribution in [1.29, 1.82) is 0 Å². The van der Waals surface area contributed by atoms with E-state index in [0.717, 1.165) is 28.2 Å². The maximum atomic E-state index is 11.0. The van der Waals surface area contributed by atoms with Gasteiger partial charge in [-0.3, -0.25) is 0 Å². The van der Waals surface area contributed by atoms with Crippen LogP contribution in [0.15, 0.2) is 66.7 Å². The zero-order valence-corrected chi connectivity index (χ0v) is 19.6. The molecule has 0 aliphatic heterocycles. The Morgan fingerprint density at radius 3 is 1.84 bits per heavy atom. The largest absolute Gasteiger partial charge is 0.478 e. The summed E-state index contributed by atoms with van der Waals surface area (Å²) in [5, 5.41) is 9.03. The SMILES string of the molecule is CC(C)(C)c1ccc(Oc2cc(C#Cc3ccc(C(=O)O)cc3)ccc2C(C)(C)C)cc1. The highest BCUT2D eigenvalue weighted by Crippen LogP contribution is 2.35. The van der Waals surface area contributed by atoms with Crippen molar-refractivity contribution in [3.63, 3.8) is 0 Å². The molecule has 0 heterocycles. The van der Waals surface area contributed by atoms with Crippen molar-refractivity contribution in [3.05, 3.63) is 94.5 Å². The van der Waals surface area contributed by atoms with E-state index in [-0.39, 0.29) is 16.4 Å². The summed E-state index contributed by atoms with van der Waals surface area (Å²) in [6.45, 7) is 13.1. The third-order valence-corrected chi connectivity index (χ3v) is 5.22. The van der Waals surface area contributed by atoms with E-state index in [0.29, 0.717) is 0 Å². The zero-order valence-electron chi connectivity index (χ0n) is 19.6. The molecular formula is C29H30O3. The third-order valence-electron chi connectivity index (χ3n) is 5.22. The topological polar surface area (TPSA) is 46.5 Å². The maximum absolute atomic E-state index is 11.0. The minimum atomic E-state index is -0.945. The molecule has 3 aromatic rings. The van der Waals surface area contributed by atoms with Gasteiger partial charge >= 0.3 is 5.97 Å². The minimum Gasteiger partial charge on any atom is -0.478 e. The standard InChI is InChI=1S/C29H30O3/c1-28(2,3)23-14-16-24(17-15-23)32-26-19-21(11-18-25(26)29(4,5)6)8-7-20-9-12-22(13-10-20)27(30)31/h9-19H,1-6H3,(H,30,31). The van der Waals surface area contributed by atoms with Crippen molar-refractivity contribution in [2.45, 2.75) is 52.4 Å². The highest BCUT2D eigenvalue weighted by atomic mass is 16.5. The van der Waals surface area contributed by atoms with Crippen LogP contribution < -0.4 is 4.74 Å². The summed E-state index contributed by atoms with van der Waals surface area (Å²) < 4.78 is 6.31. The van der Waals surface area contributed by atoms with Gasteiger partial charge in [-0.25, -0.2) is 4.79 Å². The molecule has 3 aromatic carbocycles. The lowest BCUT2D eigenvalue weighted by Crippen LogP contribution is -2.13. The zero-order chi connectivity index (χ0) is 23.5. The van der Waals surface area contributed by atoms with Gasteiger partial charge in [0.25, 0.3) is 0 Å². The Morgan fingerprint density at radius 1 is 0.750 bits per heavy atom. The third kappa shape index (κ3) is 5.80. The van der Waals surface area contributed by atoms with Gasteiger partial charge in [-0.1, -0.05) is 71.6 Å². The van der Waals surface area contributed by atoms with Crippen LogP contribution in [0.25, 0.3) is 0 Å². The Hall–Kier alpha value is -3.51. The normalized spacial score (nSPS) is 11.4. The Kier molecular flexibility index (Phi) is 6.46. The second-order valence-electron chi connectivity index (χ2n) is 9.97. The van der Waals surface area contributed by atoms with Crippen LogP contribution in [0.4, 0.5) is 0 Å². The number of carboxylic acid groups (broad SMARTS) is 1. The molecule has 0 atom stereocenters. The van der Waals surface area contributed by atoms with Crippen molar-refractivity contribution in [3.8, 4) is 23.3 Å². The Bertz CT molecular complexity index is 1160. The molecule has 0 spiro atoms. The van der Waals surface area contributed by atoms with Gasteiger partial charge in [-0.15, -0.1) is 0 Å². The molecule has 0 aliphatic carbocycles. The molecule has 0 unspecified atom stereocenters. The predicted molar refractivity (Wildman–Crippen MR) is 130 cm³/mol. The molecule has 0 saturated heterocycles. The molecular weight excluding hydrogens is 396 g/mol. The molecule has 0 saturated carbocycles. The lowest BCUT2D eigenvalue weighted by Gasteiger charge is -2.23. The molecule has 0 fully saturated rings. The smallest absolute Gasteiger partial charge is 0.335 e. The number of carboxylic acids is 1. The second kappa shape index (κ2) is 8.93. The first kappa shape index (κ1) is 23.2. The molecule has 3 rings (SSSR count). The van der Waals surface area contributed by atoms with Gasteiger partial charge in [0.15, 0.2) is 0 Å². The number of aromatic carboxylic acids is 1. The van der Waals surface area contributed by atoms with Gasteiger partial charge in [-0.05, 0) is 64.9 Å². The average Bonchev–Trinajstić information content (AvgIpc) is 2.71. The van der Waals surface area contributed by atoms with E-state index in [1.54, 1.807) is 24.3 Å². The van der Waals surface area contributed by atoms with E-state index in [1.807, 2.05) is 24.3 Å². The van der Waals surface area contributed by atoms with Gasteiger partial charge in [0.2, 0.25) is 0 Å². The lowest BCUT2D eigenvalue weighted by molar-refractivity contribution is 0.0697. The quantitative estimate of drug-likeness (QED) is 0.452. The van der Waals surface area contributed by atoms with Crippen molar-refractivity contribution in [2.75, 3.05) is 0 Å². The molecule has 0 bridgehead atoms. The number of hydrogen-bond donors (Lipinski definition) is 1. The van der Waals surface area contributed by atoms with Crippen LogP contribution in [0.3, 0.4) is 0 Å². The van der Waals surface area contributed by atoms with E-state index < -0.39 is 5.97 Å². The summed E-state index contributed by atoms with van der Waals surface area (Å²) in [7, 11) is 0. The van der Waals surface area contributed by atoms with Gasteiger partial charge < -0.3 is 9.84 Å². The summed E-state index contributed by atoms with van der Waals surface area (Å²) in [4.78, 5) is 11.0. The fourth-order valence-corrected chi connectivity index (χ4v) is 3.29. The predicted octanol–water partition coefficient (Wildman–Crippen LogP) is 7.17. The summed E-state index contributed by atoms with van der Waals surface area (Å²) in [6.07, 6.45) is 0. The van der Waals surface area contributed by atoms with Crippen LogP contribution in [0.1, 0.15) is 74.2 Å². The van der Waals surface area contributed by atoms with Crippen LogP contribution in [0, 0.1) is 11.8 Å². The van der Waals surface area contributed by atoms with E-state index in [1.165, 1.54) is 5.56 Å². The fraction of sp³-hybridized carbons (Fsp3) is 0.276. The van der Waals surface area contributed by atoms with Crippen molar-refractivity contribution < 1.29 is 14.6 Å². The summed E-state index contributed by atoms with van der Waals surface area (Å²) in [5.74, 6) is 6.90. The Labute approximate surface area is 191 Å². The maximum Gasteiger partial charge on any atom is 0.335 e. The number of ether oxygens (including phenoxy) is 1. The van der Waals surface area contributed by atoms with E-state index in [2.05, 4.69) is 71.6 Å². The molecule has 0 aliphatic rings. The summed E-state index contributed by atoms with van der Waals surface area (Å²) in [6, 6.07) is 20.8.